The van der Waals surface area contributed by atoms with Crippen LogP contribution in [0.1, 0.15) is 5.56 Å². The minimum Gasteiger partial charge on any atom is -0.367 e. The van der Waals surface area contributed by atoms with Crippen LogP contribution >= 0.6 is 0 Å². The van der Waals surface area contributed by atoms with Gasteiger partial charge >= 0.3 is 0 Å². The molecule has 1 N–H and O–H groups in total. The van der Waals surface area contributed by atoms with E-state index >= 15 is 0 Å². The molecule has 1 saturated heterocycles. The molecule has 3 rings (SSSR count). The van der Waals surface area contributed by atoms with Crippen molar-refractivity contribution in [1.82, 2.24) is 9.62 Å². The van der Waals surface area contributed by atoms with Gasteiger partial charge in [0.1, 0.15) is 11.6 Å². The lowest BCUT2D eigenvalue weighted by molar-refractivity contribution is 0.261. The molecule has 27 heavy (non-hydrogen) atoms. The van der Waals surface area contributed by atoms with E-state index in [0.717, 1.165) is 13.1 Å². The van der Waals surface area contributed by atoms with Crippen LogP contribution in [-0.4, -0.2) is 52.6 Å². The summed E-state index contributed by atoms with van der Waals surface area (Å²) in [6.07, 6.45) is 0. The van der Waals surface area contributed by atoms with Gasteiger partial charge in [0.05, 0.1) is 11.4 Å². The first-order chi connectivity index (χ1) is 12.9. The molecule has 0 aromatic heterocycles. The Morgan fingerprint density at radius 2 is 1.59 bits per heavy atom. The van der Waals surface area contributed by atoms with Crippen LogP contribution in [0.5, 0.6) is 0 Å². The van der Waals surface area contributed by atoms with Crippen LogP contribution in [0.2, 0.25) is 0 Å². The zero-order chi connectivity index (χ0) is 19.3. The maximum absolute atomic E-state index is 13.9. The average Bonchev–Trinajstić information content (AvgIpc) is 2.64. The molecule has 1 heterocycles. The van der Waals surface area contributed by atoms with Gasteiger partial charge in [0, 0.05) is 39.3 Å². The first kappa shape index (κ1) is 19.7. The number of piperazine rings is 1. The van der Waals surface area contributed by atoms with Crippen molar-refractivity contribution in [3.63, 3.8) is 0 Å². The van der Waals surface area contributed by atoms with Gasteiger partial charge in [-0.15, -0.1) is 0 Å². The molecular weight excluding hydrogens is 372 g/mol. The highest BCUT2D eigenvalue weighted by atomic mass is 32.2. The number of hydrogen-bond donors (Lipinski definition) is 1. The molecule has 0 amide bonds. The number of benzene rings is 2. The fraction of sp³-hybridized carbons (Fsp3) is 0.368. The summed E-state index contributed by atoms with van der Waals surface area (Å²) in [5.74, 6) is -0.785. The summed E-state index contributed by atoms with van der Waals surface area (Å²) in [7, 11) is -3.47. The van der Waals surface area contributed by atoms with Gasteiger partial charge in [0.2, 0.25) is 10.0 Å². The summed E-state index contributed by atoms with van der Waals surface area (Å²) >= 11 is 0. The Bertz CT molecular complexity index is 852. The van der Waals surface area contributed by atoms with E-state index in [9.17, 15) is 17.2 Å². The normalized spacial score (nSPS) is 15.9. The maximum Gasteiger partial charge on any atom is 0.215 e. The molecule has 8 heteroatoms. The van der Waals surface area contributed by atoms with Crippen LogP contribution in [-0.2, 0) is 15.8 Å². The van der Waals surface area contributed by atoms with Crippen molar-refractivity contribution in [1.29, 1.82) is 0 Å². The SMILES string of the molecule is O=S(=O)(Cc1ccc(F)cc1)NCCN1CCN(c2ccccc2F)CC1. The molecular formula is C19H23F2N3O2S. The van der Waals surface area contributed by atoms with E-state index in [-0.39, 0.29) is 11.6 Å². The van der Waals surface area contributed by atoms with Gasteiger partial charge in [0.15, 0.2) is 0 Å². The molecule has 0 atom stereocenters. The number of sulfonamides is 1. The molecule has 146 valence electrons. The second-order valence-corrected chi connectivity index (χ2v) is 8.37. The van der Waals surface area contributed by atoms with Gasteiger partial charge in [0.25, 0.3) is 0 Å². The fourth-order valence-corrected chi connectivity index (χ4v) is 4.27. The Kier molecular flexibility index (Phi) is 6.41. The molecule has 1 aliphatic heterocycles. The quantitative estimate of drug-likeness (QED) is 0.781. The Labute approximate surface area is 158 Å². The van der Waals surface area contributed by atoms with Gasteiger partial charge in [-0.25, -0.2) is 21.9 Å². The third-order valence-electron chi connectivity index (χ3n) is 4.59. The van der Waals surface area contributed by atoms with Crippen LogP contribution in [0.4, 0.5) is 14.5 Å². The predicted molar refractivity (Wildman–Crippen MR) is 102 cm³/mol. The summed E-state index contributed by atoms with van der Waals surface area (Å²) in [6, 6.07) is 12.2. The molecule has 0 aliphatic carbocycles. The fourth-order valence-electron chi connectivity index (χ4n) is 3.13. The summed E-state index contributed by atoms with van der Waals surface area (Å²) in [5, 5.41) is 0. The topological polar surface area (TPSA) is 52.7 Å². The van der Waals surface area contributed by atoms with E-state index in [2.05, 4.69) is 9.62 Å². The molecule has 2 aromatic carbocycles. The van der Waals surface area contributed by atoms with Crippen LogP contribution in [0.15, 0.2) is 48.5 Å². The number of para-hydroxylation sites is 1. The van der Waals surface area contributed by atoms with Gasteiger partial charge in [-0.1, -0.05) is 24.3 Å². The first-order valence-corrected chi connectivity index (χ1v) is 10.5. The number of nitrogens with zero attached hydrogens (tertiary/aromatic N) is 2. The average molecular weight is 395 g/mol. The van der Waals surface area contributed by atoms with Gasteiger partial charge in [-0.2, -0.15) is 0 Å². The molecule has 0 radical (unpaired) electrons. The molecule has 0 bridgehead atoms. The maximum atomic E-state index is 13.9. The molecule has 0 saturated carbocycles. The summed E-state index contributed by atoms with van der Waals surface area (Å²) in [4.78, 5) is 4.16. The van der Waals surface area contributed by atoms with E-state index in [1.807, 2.05) is 11.0 Å². The van der Waals surface area contributed by atoms with Crippen molar-refractivity contribution in [2.24, 2.45) is 0 Å². The summed E-state index contributed by atoms with van der Waals surface area (Å²) in [6.45, 7) is 3.78. The van der Waals surface area contributed by atoms with Crippen LogP contribution in [0, 0.1) is 11.6 Å². The van der Waals surface area contributed by atoms with Crippen molar-refractivity contribution in [2.75, 3.05) is 44.2 Å². The van der Waals surface area contributed by atoms with Crippen molar-refractivity contribution in [3.8, 4) is 0 Å². The predicted octanol–water partition coefficient (Wildman–Crippen LogP) is 2.21. The van der Waals surface area contributed by atoms with E-state index in [4.69, 9.17) is 0 Å². The highest BCUT2D eigenvalue weighted by molar-refractivity contribution is 7.88. The third kappa shape index (κ3) is 5.72. The Morgan fingerprint density at radius 1 is 0.926 bits per heavy atom. The Morgan fingerprint density at radius 3 is 2.26 bits per heavy atom. The largest absolute Gasteiger partial charge is 0.367 e. The zero-order valence-electron chi connectivity index (χ0n) is 14.9. The van der Waals surface area contributed by atoms with Crippen molar-refractivity contribution < 1.29 is 17.2 Å². The standard InChI is InChI=1S/C19H23F2N3O2S/c20-17-7-5-16(6-8-17)15-27(25,26)22-9-10-23-11-13-24(14-12-23)19-4-2-1-3-18(19)21/h1-8,22H,9-15H2. The number of nitrogens with one attached hydrogen (secondary N) is 1. The van der Waals surface area contributed by atoms with Crippen molar-refractivity contribution >= 4 is 15.7 Å². The van der Waals surface area contributed by atoms with E-state index < -0.39 is 15.8 Å². The lowest BCUT2D eigenvalue weighted by atomic mass is 10.2. The van der Waals surface area contributed by atoms with E-state index in [1.54, 1.807) is 12.1 Å². The minimum absolute atomic E-state index is 0.172. The van der Waals surface area contributed by atoms with E-state index in [0.29, 0.717) is 37.4 Å². The van der Waals surface area contributed by atoms with Crippen LogP contribution in [0.25, 0.3) is 0 Å². The monoisotopic (exact) mass is 395 g/mol. The van der Waals surface area contributed by atoms with Crippen LogP contribution in [0.3, 0.4) is 0 Å². The number of anilines is 1. The molecule has 5 nitrogen and oxygen atoms in total. The number of rotatable bonds is 7. The molecule has 1 fully saturated rings. The van der Waals surface area contributed by atoms with Gasteiger partial charge < -0.3 is 4.90 Å². The van der Waals surface area contributed by atoms with Crippen LogP contribution < -0.4 is 9.62 Å². The molecule has 0 spiro atoms. The van der Waals surface area contributed by atoms with Crippen molar-refractivity contribution in [3.05, 3.63) is 65.7 Å². The number of halogens is 2. The molecule has 2 aromatic rings. The van der Waals surface area contributed by atoms with Crippen molar-refractivity contribution in [2.45, 2.75) is 5.75 Å². The van der Waals surface area contributed by atoms with Gasteiger partial charge in [-0.3, -0.25) is 4.90 Å². The molecule has 0 unspecified atom stereocenters. The third-order valence-corrected chi connectivity index (χ3v) is 5.94. The minimum atomic E-state index is -3.47. The van der Waals surface area contributed by atoms with E-state index in [1.165, 1.54) is 30.3 Å². The second-order valence-electron chi connectivity index (χ2n) is 6.56. The lowest BCUT2D eigenvalue weighted by Crippen LogP contribution is -2.48. The van der Waals surface area contributed by atoms with Gasteiger partial charge in [-0.05, 0) is 29.8 Å². The zero-order valence-corrected chi connectivity index (χ0v) is 15.8. The smallest absolute Gasteiger partial charge is 0.215 e. The summed E-state index contributed by atoms with van der Waals surface area (Å²) in [5.41, 5.74) is 1.15. The second kappa shape index (κ2) is 8.77. The lowest BCUT2D eigenvalue weighted by Gasteiger charge is -2.36. The first-order valence-electron chi connectivity index (χ1n) is 8.86. The number of hydrogen-bond acceptors (Lipinski definition) is 4. The Balaban J connectivity index is 1.42. The molecule has 1 aliphatic rings. The highest BCUT2D eigenvalue weighted by Crippen LogP contribution is 2.19. The summed E-state index contributed by atoms with van der Waals surface area (Å²) < 4.78 is 53.6. The Hall–Kier alpha value is -2.03. The highest BCUT2D eigenvalue weighted by Gasteiger charge is 2.19.